The second-order valence-electron chi connectivity index (χ2n) is 14.9. The Hall–Kier alpha value is -3.49. The molecule has 0 aliphatic heterocycles. The first-order valence-corrected chi connectivity index (χ1v) is 21.1. The molecule has 0 rings (SSSR count). The van der Waals surface area contributed by atoms with Gasteiger partial charge >= 0.3 is 17.9 Å². The number of carbonyl (C=O) groups excluding carboxylic acids is 2. The Morgan fingerprint density at radius 1 is 0.564 bits per heavy atom. The predicted octanol–water partition coefficient (Wildman–Crippen LogP) is 11.4. The minimum Gasteiger partial charge on any atom is -0.477 e. The molecule has 2 atom stereocenters. The number of nitrogens with zero attached hydrogens (tertiary/aromatic N) is 1. The number of hydrogen-bond acceptors (Lipinski definition) is 6. The maximum Gasteiger partial charge on any atom is 0.362 e. The molecule has 0 aromatic rings. The molecule has 0 heterocycles. The lowest BCUT2D eigenvalue weighted by atomic mass is 10.1. The zero-order valence-corrected chi connectivity index (χ0v) is 35.3. The quantitative estimate of drug-likeness (QED) is 0.0293. The number of carboxylic acids is 1. The Bertz CT molecular complexity index is 1170. The molecule has 55 heavy (non-hydrogen) atoms. The van der Waals surface area contributed by atoms with Gasteiger partial charge in [-0.15, -0.1) is 0 Å². The van der Waals surface area contributed by atoms with E-state index in [-0.39, 0.29) is 36.2 Å². The van der Waals surface area contributed by atoms with E-state index in [2.05, 4.69) is 98.9 Å². The van der Waals surface area contributed by atoms with Crippen LogP contribution in [0.4, 0.5) is 0 Å². The van der Waals surface area contributed by atoms with E-state index in [1.807, 2.05) is 21.1 Å². The number of carboxylic acid groups (broad SMARTS) is 1. The van der Waals surface area contributed by atoms with Gasteiger partial charge in [0.25, 0.3) is 0 Å². The van der Waals surface area contributed by atoms with Crippen LogP contribution in [0, 0.1) is 0 Å². The van der Waals surface area contributed by atoms with Gasteiger partial charge in [0.1, 0.15) is 6.61 Å². The van der Waals surface area contributed by atoms with E-state index in [0.717, 1.165) is 89.9 Å². The van der Waals surface area contributed by atoms with Crippen molar-refractivity contribution in [1.82, 2.24) is 0 Å². The molecule has 0 amide bonds. The maximum atomic E-state index is 12.6. The summed E-state index contributed by atoms with van der Waals surface area (Å²) in [6.45, 7) is 4.49. The Morgan fingerprint density at radius 2 is 1.02 bits per heavy atom. The normalized spacial score (nSPS) is 13.8. The molecular weight excluding hydrogens is 691 g/mol. The van der Waals surface area contributed by atoms with E-state index in [4.69, 9.17) is 14.2 Å². The minimum atomic E-state index is -0.888. The zero-order chi connectivity index (χ0) is 40.7. The Morgan fingerprint density at radius 3 is 1.55 bits per heavy atom. The summed E-state index contributed by atoms with van der Waals surface area (Å²) in [5.41, 5.74) is 0. The van der Waals surface area contributed by atoms with Crippen molar-refractivity contribution in [2.24, 2.45) is 0 Å². The van der Waals surface area contributed by atoms with Crippen LogP contribution in [0.3, 0.4) is 0 Å². The summed E-state index contributed by atoms with van der Waals surface area (Å²) in [7, 11) is 5.49. The van der Waals surface area contributed by atoms with Crippen LogP contribution in [0.1, 0.15) is 142 Å². The summed E-state index contributed by atoms with van der Waals surface area (Å²) < 4.78 is 17.2. The second kappa shape index (κ2) is 37.4. The lowest BCUT2D eigenvalue weighted by molar-refractivity contribution is -0.887. The number of carbonyl (C=O) groups is 3. The fourth-order valence-corrected chi connectivity index (χ4v) is 5.48. The van der Waals surface area contributed by atoms with Gasteiger partial charge in [-0.25, -0.2) is 4.79 Å². The standard InChI is InChI=1S/C47H77NO7/c1-6-8-10-12-14-16-18-19-20-21-22-23-24-25-26-27-28-30-31-33-35-37-45(49)54-42-43(41-53-40-39-44(47(51)52)48(3,4)5)55-46(50)38-36-34-32-29-17-15-13-11-9-7-2/h8,10,13-16,19-20,22-23,25-26,28,30,43-44H,6-7,9,11-12,17-18,21,24,27,29,31-42H2,1-5H3/p+1/b10-8+,15-13+,16-14+,20-19+,23-22+,26-25+,30-28+. The van der Waals surface area contributed by atoms with Crippen LogP contribution in [0.5, 0.6) is 0 Å². The molecular formula is C47H78NO7+. The van der Waals surface area contributed by atoms with Crippen molar-refractivity contribution in [2.45, 2.75) is 154 Å². The molecule has 8 nitrogen and oxygen atoms in total. The van der Waals surface area contributed by atoms with E-state index in [9.17, 15) is 19.5 Å². The number of quaternary nitrogens is 1. The van der Waals surface area contributed by atoms with Gasteiger partial charge in [-0.1, -0.05) is 125 Å². The van der Waals surface area contributed by atoms with E-state index >= 15 is 0 Å². The Balaban J connectivity index is 4.42. The van der Waals surface area contributed by atoms with E-state index in [1.54, 1.807) is 0 Å². The van der Waals surface area contributed by atoms with Crippen LogP contribution in [-0.2, 0) is 28.6 Å². The number of esters is 2. The van der Waals surface area contributed by atoms with Gasteiger partial charge in [0, 0.05) is 19.3 Å². The third kappa shape index (κ3) is 35.9. The van der Waals surface area contributed by atoms with E-state index < -0.39 is 18.1 Å². The number of likely N-dealkylation sites (N-methyl/N-ethyl adjacent to an activating group) is 1. The van der Waals surface area contributed by atoms with Gasteiger partial charge in [-0.05, 0) is 83.5 Å². The summed E-state index contributed by atoms with van der Waals surface area (Å²) in [4.78, 5) is 36.8. The fourth-order valence-electron chi connectivity index (χ4n) is 5.48. The summed E-state index contributed by atoms with van der Waals surface area (Å²) in [6, 6.07) is -0.626. The molecule has 312 valence electrons. The molecule has 0 saturated heterocycles. The molecule has 1 N–H and O–H groups in total. The van der Waals surface area contributed by atoms with E-state index in [1.165, 1.54) is 12.8 Å². The smallest absolute Gasteiger partial charge is 0.362 e. The van der Waals surface area contributed by atoms with Crippen molar-refractivity contribution in [2.75, 3.05) is 41.0 Å². The summed E-state index contributed by atoms with van der Waals surface area (Å²) in [6.07, 6.45) is 47.8. The van der Waals surface area contributed by atoms with Crippen molar-refractivity contribution in [1.29, 1.82) is 0 Å². The summed E-state index contributed by atoms with van der Waals surface area (Å²) in [5, 5.41) is 9.59. The molecule has 0 aliphatic carbocycles. The lowest BCUT2D eigenvalue weighted by Gasteiger charge is -2.31. The van der Waals surface area contributed by atoms with Crippen molar-refractivity contribution in [3.63, 3.8) is 0 Å². The van der Waals surface area contributed by atoms with Gasteiger partial charge < -0.3 is 23.8 Å². The van der Waals surface area contributed by atoms with Crippen molar-refractivity contribution >= 4 is 17.9 Å². The Labute approximate surface area is 335 Å². The average molecular weight is 769 g/mol. The average Bonchev–Trinajstić information content (AvgIpc) is 3.14. The minimum absolute atomic E-state index is 0.0373. The molecule has 8 heteroatoms. The van der Waals surface area contributed by atoms with Crippen LogP contribution in [0.2, 0.25) is 0 Å². The van der Waals surface area contributed by atoms with Crippen molar-refractivity contribution < 1.29 is 38.2 Å². The molecule has 0 radical (unpaired) electrons. The lowest BCUT2D eigenvalue weighted by Crippen LogP contribution is -2.50. The van der Waals surface area contributed by atoms with Crippen LogP contribution >= 0.6 is 0 Å². The number of unbranched alkanes of at least 4 members (excludes halogenated alkanes) is 8. The SMILES string of the molecule is CC/C=C/C/C=C/C/C=C/C/C=C/C/C=C/C/C=C/CCCCC(=O)OCC(COCCC(C(=O)O)[N+](C)(C)C)OC(=O)CCCCCC/C=C/CCCC. The topological polar surface area (TPSA) is 99.1 Å². The highest BCUT2D eigenvalue weighted by atomic mass is 16.6. The summed E-state index contributed by atoms with van der Waals surface area (Å²) in [5.74, 6) is -1.56. The van der Waals surface area contributed by atoms with Crippen molar-refractivity contribution in [3.8, 4) is 0 Å². The molecule has 0 aliphatic rings. The molecule has 0 aromatic carbocycles. The number of hydrogen-bond donors (Lipinski definition) is 1. The molecule has 0 spiro atoms. The van der Waals surface area contributed by atoms with Crippen LogP contribution in [0.15, 0.2) is 85.1 Å². The summed E-state index contributed by atoms with van der Waals surface area (Å²) >= 11 is 0. The number of allylic oxidation sites excluding steroid dienone is 14. The van der Waals surface area contributed by atoms with Crippen LogP contribution < -0.4 is 0 Å². The zero-order valence-electron chi connectivity index (χ0n) is 35.3. The van der Waals surface area contributed by atoms with Gasteiger partial charge in [0.2, 0.25) is 0 Å². The van der Waals surface area contributed by atoms with Gasteiger partial charge in [-0.2, -0.15) is 0 Å². The third-order valence-electron chi connectivity index (χ3n) is 8.78. The van der Waals surface area contributed by atoms with Crippen LogP contribution in [0.25, 0.3) is 0 Å². The van der Waals surface area contributed by atoms with E-state index in [0.29, 0.717) is 25.7 Å². The molecule has 0 aromatic heterocycles. The molecule has 0 saturated carbocycles. The largest absolute Gasteiger partial charge is 0.477 e. The number of ether oxygens (including phenoxy) is 3. The van der Waals surface area contributed by atoms with Crippen LogP contribution in [-0.4, -0.2) is 80.6 Å². The number of aliphatic carboxylic acids is 1. The van der Waals surface area contributed by atoms with Gasteiger partial charge in [0.05, 0.1) is 34.4 Å². The number of rotatable bonds is 36. The fraction of sp³-hybridized carbons (Fsp3) is 0.638. The first-order chi connectivity index (χ1) is 26.6. The monoisotopic (exact) mass is 769 g/mol. The highest BCUT2D eigenvalue weighted by Crippen LogP contribution is 2.12. The third-order valence-corrected chi connectivity index (χ3v) is 8.78. The molecule has 0 bridgehead atoms. The molecule has 2 unspecified atom stereocenters. The Kier molecular flexibility index (Phi) is 35.1. The highest BCUT2D eigenvalue weighted by molar-refractivity contribution is 5.72. The first kappa shape index (κ1) is 51.5. The first-order valence-electron chi connectivity index (χ1n) is 21.1. The van der Waals surface area contributed by atoms with Gasteiger partial charge in [-0.3, -0.25) is 9.59 Å². The second-order valence-corrected chi connectivity index (χ2v) is 14.9. The molecule has 0 fully saturated rings. The highest BCUT2D eigenvalue weighted by Gasteiger charge is 2.31. The van der Waals surface area contributed by atoms with Gasteiger partial charge in [0.15, 0.2) is 12.1 Å². The predicted molar refractivity (Wildman–Crippen MR) is 229 cm³/mol. The maximum absolute atomic E-state index is 12.6. The van der Waals surface area contributed by atoms with Crippen molar-refractivity contribution in [3.05, 3.63) is 85.1 Å².